The van der Waals surface area contributed by atoms with Crippen LogP contribution in [-0.4, -0.2) is 39.6 Å². The third kappa shape index (κ3) is 4.06. The van der Waals surface area contributed by atoms with Crippen molar-refractivity contribution in [3.63, 3.8) is 0 Å². The molecule has 4 rings (SSSR count). The van der Waals surface area contributed by atoms with Gasteiger partial charge in [0.1, 0.15) is 0 Å². The molecule has 2 aliphatic heterocycles. The van der Waals surface area contributed by atoms with Gasteiger partial charge in [0.25, 0.3) is 0 Å². The number of aliphatic carboxylic acids is 2. The third-order valence-electron chi connectivity index (χ3n) is 4.47. The zero-order valence-electron chi connectivity index (χ0n) is 15.0. The number of nitrogens with two attached hydrogens (primary N) is 1. The monoisotopic (exact) mass is 374 g/mol. The van der Waals surface area contributed by atoms with Crippen molar-refractivity contribution in [2.45, 2.75) is 38.8 Å². The van der Waals surface area contributed by atoms with Crippen molar-refractivity contribution in [2.75, 3.05) is 6.79 Å². The molecule has 27 heavy (non-hydrogen) atoms. The molecule has 0 radical (unpaired) electrons. The van der Waals surface area contributed by atoms with Crippen LogP contribution < -0.4 is 15.2 Å². The van der Waals surface area contributed by atoms with Gasteiger partial charge in [0.05, 0.1) is 5.52 Å². The number of hydrogen-bond acceptors (Lipinski definition) is 5. The second-order valence-corrected chi connectivity index (χ2v) is 6.59. The molecule has 0 saturated heterocycles. The summed E-state index contributed by atoms with van der Waals surface area (Å²) in [4.78, 5) is 19.1. The van der Waals surface area contributed by atoms with Crippen LogP contribution in [0.2, 0.25) is 0 Å². The molecule has 1 atom stereocenters. The molecule has 4 N–H and O–H groups in total. The Kier molecular flexibility index (Phi) is 5.36. The summed E-state index contributed by atoms with van der Waals surface area (Å²) in [6, 6.07) is 4.43. The smallest absolute Gasteiger partial charge is 0.328 e. The van der Waals surface area contributed by atoms with Crippen molar-refractivity contribution in [2.24, 2.45) is 5.73 Å². The van der Waals surface area contributed by atoms with Crippen LogP contribution in [-0.2, 0) is 29.0 Å². The number of hydrogen-bond donors (Lipinski definition) is 3. The normalized spacial score (nSPS) is 15.5. The number of carboxylic acid groups (broad SMARTS) is 2. The second kappa shape index (κ2) is 7.71. The molecule has 144 valence electrons. The molecule has 0 bridgehead atoms. The minimum absolute atomic E-state index is 0.182. The summed E-state index contributed by atoms with van der Waals surface area (Å²) in [6.07, 6.45) is 4.43. The number of carboxylic acids is 2. The molecule has 1 aromatic carbocycles. The molecule has 3 heterocycles. The summed E-state index contributed by atoms with van der Waals surface area (Å²) >= 11 is 0. The summed E-state index contributed by atoms with van der Waals surface area (Å²) in [5.41, 5.74) is 10.1. The maximum absolute atomic E-state index is 9.55. The van der Waals surface area contributed by atoms with Crippen LogP contribution in [0.5, 0.6) is 11.5 Å². The minimum atomic E-state index is -1.26. The number of aryl methyl sites for hydroxylation is 1. The van der Waals surface area contributed by atoms with E-state index >= 15 is 0 Å². The molecule has 1 aromatic heterocycles. The van der Waals surface area contributed by atoms with Gasteiger partial charge in [-0.3, -0.25) is 0 Å². The Morgan fingerprint density at radius 2 is 1.85 bits per heavy atom. The highest BCUT2D eigenvalue weighted by molar-refractivity contribution is 5.90. The maximum Gasteiger partial charge on any atom is 0.328 e. The first-order chi connectivity index (χ1) is 12.9. The van der Waals surface area contributed by atoms with E-state index < -0.39 is 11.9 Å². The summed E-state index contributed by atoms with van der Waals surface area (Å²) in [5.74, 6) is -0.783. The lowest BCUT2D eigenvalue weighted by Crippen LogP contribution is -2.18. The van der Waals surface area contributed by atoms with Gasteiger partial charge in [-0.1, -0.05) is 0 Å². The lowest BCUT2D eigenvalue weighted by atomic mass is 10.0. The van der Waals surface area contributed by atoms with Gasteiger partial charge in [-0.2, -0.15) is 0 Å². The van der Waals surface area contributed by atoms with Gasteiger partial charge in [-0.05, 0) is 37.8 Å². The van der Waals surface area contributed by atoms with Gasteiger partial charge in [-0.25, -0.2) is 9.59 Å². The fourth-order valence-corrected chi connectivity index (χ4v) is 3.50. The Hall–Kier alpha value is -3.00. The molecular formula is C19H22N2O6. The standard InChI is InChI=1S/C15H18N2O2.C4H4O4/c1-9(16)5-10-11-6-14-15(19-8-18-14)7-13(11)17-4-2-3-12(10)17;5-3(6)1-2-4(7)8/h6-7,9H,2-5,8,16H2,1H3;1-2H,(H,5,6)(H,7,8)/b;2-1+. The molecule has 0 fully saturated rings. The van der Waals surface area contributed by atoms with Crippen molar-refractivity contribution in [3.05, 3.63) is 35.5 Å². The Balaban J connectivity index is 0.000000226. The van der Waals surface area contributed by atoms with E-state index in [1.54, 1.807) is 0 Å². The molecule has 0 aliphatic carbocycles. The first-order valence-corrected chi connectivity index (χ1v) is 8.70. The van der Waals surface area contributed by atoms with Gasteiger partial charge in [-0.15, -0.1) is 0 Å². The van der Waals surface area contributed by atoms with Crippen LogP contribution in [0.4, 0.5) is 0 Å². The van der Waals surface area contributed by atoms with Crippen molar-refractivity contribution < 1.29 is 29.3 Å². The van der Waals surface area contributed by atoms with Gasteiger partial charge in [0.2, 0.25) is 6.79 Å². The predicted molar refractivity (Wildman–Crippen MR) is 98.1 cm³/mol. The molecule has 0 spiro atoms. The number of ether oxygens (including phenoxy) is 2. The topological polar surface area (TPSA) is 124 Å². The lowest BCUT2D eigenvalue weighted by Gasteiger charge is -2.06. The summed E-state index contributed by atoms with van der Waals surface area (Å²) in [5, 5.41) is 16.9. The highest BCUT2D eigenvalue weighted by atomic mass is 16.7. The number of carbonyl (C=O) groups is 2. The van der Waals surface area contributed by atoms with E-state index in [9.17, 15) is 9.59 Å². The molecule has 2 aromatic rings. The second-order valence-electron chi connectivity index (χ2n) is 6.59. The minimum Gasteiger partial charge on any atom is -0.478 e. The van der Waals surface area contributed by atoms with E-state index in [4.69, 9.17) is 25.4 Å². The zero-order valence-corrected chi connectivity index (χ0v) is 15.0. The Labute approximate surface area is 155 Å². The van der Waals surface area contributed by atoms with Crippen LogP contribution in [0.3, 0.4) is 0 Å². The van der Waals surface area contributed by atoms with Gasteiger partial charge in [0, 0.05) is 41.9 Å². The molecule has 0 amide bonds. The van der Waals surface area contributed by atoms with E-state index in [1.165, 1.54) is 28.6 Å². The Morgan fingerprint density at radius 1 is 1.22 bits per heavy atom. The van der Waals surface area contributed by atoms with Crippen molar-refractivity contribution in [1.29, 1.82) is 0 Å². The first-order valence-electron chi connectivity index (χ1n) is 8.70. The molecule has 2 aliphatic rings. The fourth-order valence-electron chi connectivity index (χ4n) is 3.50. The van der Waals surface area contributed by atoms with Gasteiger partial charge < -0.3 is 30.0 Å². The quantitative estimate of drug-likeness (QED) is 0.698. The molecule has 1 unspecified atom stereocenters. The van der Waals surface area contributed by atoms with Crippen LogP contribution in [0.25, 0.3) is 10.9 Å². The first kappa shape index (κ1) is 18.8. The van der Waals surface area contributed by atoms with E-state index in [0.717, 1.165) is 30.9 Å². The Bertz CT molecular complexity index is 897. The number of nitrogens with zero attached hydrogens (tertiary/aromatic N) is 1. The van der Waals surface area contributed by atoms with Crippen molar-refractivity contribution in [1.82, 2.24) is 4.57 Å². The highest BCUT2D eigenvalue weighted by Gasteiger charge is 2.25. The SMILES string of the molecule is CC(N)Cc1c2n(c3cc4c(cc13)OCO4)CCC2.O=C(O)/C=C/C(=O)O. The molecule has 8 nitrogen and oxygen atoms in total. The lowest BCUT2D eigenvalue weighted by molar-refractivity contribution is -0.134. The number of benzene rings is 1. The summed E-state index contributed by atoms with van der Waals surface area (Å²) < 4.78 is 13.4. The molecule has 8 heteroatoms. The highest BCUT2D eigenvalue weighted by Crippen LogP contribution is 2.41. The van der Waals surface area contributed by atoms with Crippen LogP contribution >= 0.6 is 0 Å². The summed E-state index contributed by atoms with van der Waals surface area (Å²) in [7, 11) is 0. The van der Waals surface area contributed by atoms with Crippen LogP contribution in [0, 0.1) is 0 Å². The molecular weight excluding hydrogens is 352 g/mol. The molecule has 0 saturated carbocycles. The average Bonchev–Trinajstić information content (AvgIpc) is 3.29. The number of rotatable bonds is 4. The zero-order chi connectivity index (χ0) is 19.6. The third-order valence-corrected chi connectivity index (χ3v) is 4.47. The van der Waals surface area contributed by atoms with E-state index in [2.05, 4.69) is 23.6 Å². The van der Waals surface area contributed by atoms with Crippen LogP contribution in [0.1, 0.15) is 24.6 Å². The number of aromatic nitrogens is 1. The number of fused-ring (bicyclic) bond motifs is 4. The maximum atomic E-state index is 9.55. The Morgan fingerprint density at radius 3 is 2.44 bits per heavy atom. The largest absolute Gasteiger partial charge is 0.478 e. The van der Waals surface area contributed by atoms with Crippen molar-refractivity contribution in [3.8, 4) is 11.5 Å². The summed E-state index contributed by atoms with van der Waals surface area (Å²) in [6.45, 7) is 3.50. The average molecular weight is 374 g/mol. The predicted octanol–water partition coefficient (Wildman–Crippen LogP) is 1.92. The van der Waals surface area contributed by atoms with Crippen LogP contribution in [0.15, 0.2) is 24.3 Å². The van der Waals surface area contributed by atoms with E-state index in [-0.39, 0.29) is 6.04 Å². The fraction of sp³-hybridized carbons (Fsp3) is 0.368. The van der Waals surface area contributed by atoms with E-state index in [1.807, 2.05) is 0 Å². The van der Waals surface area contributed by atoms with Crippen molar-refractivity contribution >= 4 is 22.8 Å². The van der Waals surface area contributed by atoms with Gasteiger partial charge >= 0.3 is 11.9 Å². The van der Waals surface area contributed by atoms with Gasteiger partial charge in [0.15, 0.2) is 11.5 Å². The van der Waals surface area contributed by atoms with E-state index in [0.29, 0.717) is 18.9 Å².